The van der Waals surface area contributed by atoms with Gasteiger partial charge in [0.25, 0.3) is 5.56 Å². The Morgan fingerprint density at radius 1 is 1.03 bits per heavy atom. The molecule has 0 fully saturated rings. The van der Waals surface area contributed by atoms with Crippen LogP contribution in [0.5, 0.6) is 5.75 Å². The molecule has 0 aliphatic carbocycles. The van der Waals surface area contributed by atoms with E-state index >= 15 is 0 Å². The number of benzene rings is 2. The lowest BCUT2D eigenvalue weighted by molar-refractivity contribution is -0.120. The van der Waals surface area contributed by atoms with Crippen LogP contribution >= 0.6 is 0 Å². The minimum atomic E-state index is -0.490. The standard InChI is InChI=1S/C23H21N5O4/c1-25-21-20(22(30)26(2)23(25)31)27(14-24-21)12-19(29)28-16-10-6-7-11-18(16)32-13-17(28)15-8-4-3-5-9-15/h3-11,14,17H,12-13H2,1-2H3/t17-/m1/s1. The van der Waals surface area contributed by atoms with Crippen molar-refractivity contribution in [2.24, 2.45) is 14.1 Å². The number of nitrogens with zero attached hydrogens (tertiary/aromatic N) is 5. The second-order valence-corrected chi connectivity index (χ2v) is 7.72. The monoisotopic (exact) mass is 431 g/mol. The van der Waals surface area contributed by atoms with E-state index in [2.05, 4.69) is 4.98 Å². The number of anilines is 1. The van der Waals surface area contributed by atoms with Gasteiger partial charge >= 0.3 is 5.69 Å². The highest BCUT2D eigenvalue weighted by atomic mass is 16.5. The molecule has 162 valence electrons. The Morgan fingerprint density at radius 3 is 2.53 bits per heavy atom. The summed E-state index contributed by atoms with van der Waals surface area (Å²) >= 11 is 0. The lowest BCUT2D eigenvalue weighted by atomic mass is 10.0. The van der Waals surface area contributed by atoms with Gasteiger partial charge in [-0.25, -0.2) is 9.78 Å². The Morgan fingerprint density at radius 2 is 1.75 bits per heavy atom. The molecular formula is C23H21N5O4. The zero-order valence-corrected chi connectivity index (χ0v) is 17.6. The Labute approximate surface area is 182 Å². The first-order valence-electron chi connectivity index (χ1n) is 10.2. The van der Waals surface area contributed by atoms with E-state index in [4.69, 9.17) is 4.74 Å². The van der Waals surface area contributed by atoms with E-state index in [0.29, 0.717) is 18.0 Å². The van der Waals surface area contributed by atoms with Gasteiger partial charge in [-0.2, -0.15) is 0 Å². The predicted octanol–water partition coefficient (Wildman–Crippen LogP) is 1.60. The van der Waals surface area contributed by atoms with E-state index in [1.165, 1.54) is 22.5 Å². The number of aryl methyl sites for hydroxylation is 1. The molecule has 0 bridgehead atoms. The van der Waals surface area contributed by atoms with Crippen LogP contribution in [0.15, 0.2) is 70.5 Å². The fourth-order valence-electron chi connectivity index (χ4n) is 4.16. The Bertz CT molecular complexity index is 1450. The zero-order chi connectivity index (χ0) is 22.4. The molecular weight excluding hydrogens is 410 g/mol. The highest BCUT2D eigenvalue weighted by molar-refractivity contribution is 5.96. The number of ether oxygens (including phenoxy) is 1. The summed E-state index contributed by atoms with van der Waals surface area (Å²) in [5.41, 5.74) is 1.11. The second-order valence-electron chi connectivity index (χ2n) is 7.72. The van der Waals surface area contributed by atoms with Crippen LogP contribution in [0.1, 0.15) is 11.6 Å². The third-order valence-corrected chi connectivity index (χ3v) is 5.81. The molecule has 3 heterocycles. The summed E-state index contributed by atoms with van der Waals surface area (Å²) in [6, 6.07) is 16.8. The fourth-order valence-corrected chi connectivity index (χ4v) is 4.16. The molecule has 2 aromatic carbocycles. The van der Waals surface area contributed by atoms with E-state index in [1.807, 2.05) is 54.6 Å². The molecule has 5 rings (SSSR count). The van der Waals surface area contributed by atoms with Crippen LogP contribution < -0.4 is 20.9 Å². The number of imidazole rings is 1. The molecule has 1 aliphatic heterocycles. The molecule has 0 saturated heterocycles. The van der Waals surface area contributed by atoms with Crippen molar-refractivity contribution >= 4 is 22.8 Å². The molecule has 0 spiro atoms. The van der Waals surface area contributed by atoms with Gasteiger partial charge < -0.3 is 9.30 Å². The summed E-state index contributed by atoms with van der Waals surface area (Å²) in [5.74, 6) is 0.409. The third-order valence-electron chi connectivity index (χ3n) is 5.81. The highest BCUT2D eigenvalue weighted by Gasteiger charge is 2.33. The zero-order valence-electron chi connectivity index (χ0n) is 17.6. The first-order valence-corrected chi connectivity index (χ1v) is 10.2. The molecule has 0 unspecified atom stereocenters. The fraction of sp³-hybridized carbons (Fsp3) is 0.217. The average Bonchev–Trinajstić information content (AvgIpc) is 3.24. The maximum Gasteiger partial charge on any atom is 0.332 e. The van der Waals surface area contributed by atoms with Crippen molar-refractivity contribution in [1.29, 1.82) is 0 Å². The largest absolute Gasteiger partial charge is 0.489 e. The maximum absolute atomic E-state index is 13.6. The van der Waals surface area contributed by atoms with Gasteiger partial charge in [-0.15, -0.1) is 0 Å². The third kappa shape index (κ3) is 3.01. The number of rotatable bonds is 3. The number of amides is 1. The Kier molecular flexibility index (Phi) is 4.66. The number of para-hydroxylation sites is 2. The molecule has 32 heavy (non-hydrogen) atoms. The quantitative estimate of drug-likeness (QED) is 0.491. The van der Waals surface area contributed by atoms with E-state index < -0.39 is 11.2 Å². The van der Waals surface area contributed by atoms with Crippen molar-refractivity contribution in [3.05, 3.63) is 87.3 Å². The van der Waals surface area contributed by atoms with Crippen molar-refractivity contribution in [2.75, 3.05) is 11.5 Å². The van der Waals surface area contributed by atoms with Gasteiger partial charge in [-0.3, -0.25) is 23.6 Å². The lowest BCUT2D eigenvalue weighted by Gasteiger charge is -2.37. The summed E-state index contributed by atoms with van der Waals surface area (Å²) in [4.78, 5) is 44.6. The first kappa shape index (κ1) is 19.8. The van der Waals surface area contributed by atoms with Crippen molar-refractivity contribution in [3.8, 4) is 5.75 Å². The van der Waals surface area contributed by atoms with Gasteiger partial charge in [0, 0.05) is 14.1 Å². The van der Waals surface area contributed by atoms with Gasteiger partial charge in [0.2, 0.25) is 5.91 Å². The van der Waals surface area contributed by atoms with Crippen LogP contribution in [-0.4, -0.2) is 31.2 Å². The number of fused-ring (bicyclic) bond motifs is 2. The number of hydrogen-bond donors (Lipinski definition) is 0. The van der Waals surface area contributed by atoms with E-state index in [1.54, 1.807) is 11.9 Å². The van der Waals surface area contributed by atoms with Gasteiger partial charge in [0.05, 0.1) is 18.1 Å². The summed E-state index contributed by atoms with van der Waals surface area (Å²) in [7, 11) is 2.96. The van der Waals surface area contributed by atoms with Crippen LogP contribution in [0.3, 0.4) is 0 Å². The van der Waals surface area contributed by atoms with Gasteiger partial charge in [0.15, 0.2) is 11.2 Å². The molecule has 0 N–H and O–H groups in total. The molecule has 9 heteroatoms. The normalized spacial score (nSPS) is 15.4. The molecule has 1 amide bonds. The SMILES string of the molecule is Cn1c(=O)c2c(ncn2CC(=O)N2c3ccccc3OC[C@@H]2c2ccccc2)n(C)c1=O. The summed E-state index contributed by atoms with van der Waals surface area (Å²) in [6.45, 7) is 0.204. The summed E-state index contributed by atoms with van der Waals surface area (Å²) in [6.07, 6.45) is 1.42. The van der Waals surface area contributed by atoms with E-state index in [0.717, 1.165) is 10.1 Å². The van der Waals surface area contributed by atoms with Crippen molar-refractivity contribution < 1.29 is 9.53 Å². The van der Waals surface area contributed by atoms with Crippen LogP contribution in [0.25, 0.3) is 11.2 Å². The molecule has 9 nitrogen and oxygen atoms in total. The molecule has 0 radical (unpaired) electrons. The summed E-state index contributed by atoms with van der Waals surface area (Å²) < 4.78 is 9.75. The minimum Gasteiger partial charge on any atom is -0.489 e. The van der Waals surface area contributed by atoms with Crippen molar-refractivity contribution in [3.63, 3.8) is 0 Å². The number of carbonyl (C=O) groups excluding carboxylic acids is 1. The Balaban J connectivity index is 1.60. The van der Waals surface area contributed by atoms with Crippen LogP contribution in [0.4, 0.5) is 5.69 Å². The minimum absolute atomic E-state index is 0.110. The lowest BCUT2D eigenvalue weighted by Crippen LogP contribution is -2.43. The van der Waals surface area contributed by atoms with E-state index in [-0.39, 0.29) is 29.7 Å². The molecule has 1 atom stereocenters. The van der Waals surface area contributed by atoms with Crippen LogP contribution in [-0.2, 0) is 25.4 Å². The topological polar surface area (TPSA) is 91.4 Å². The van der Waals surface area contributed by atoms with Gasteiger partial charge in [-0.1, -0.05) is 42.5 Å². The number of hydrogen-bond acceptors (Lipinski definition) is 5. The molecule has 0 saturated carbocycles. The highest BCUT2D eigenvalue weighted by Crippen LogP contribution is 2.39. The first-order chi connectivity index (χ1) is 15.5. The van der Waals surface area contributed by atoms with Crippen molar-refractivity contribution in [2.45, 2.75) is 12.6 Å². The van der Waals surface area contributed by atoms with Gasteiger partial charge in [-0.05, 0) is 17.7 Å². The van der Waals surface area contributed by atoms with Crippen LogP contribution in [0, 0.1) is 0 Å². The summed E-state index contributed by atoms with van der Waals surface area (Å²) in [5, 5.41) is 0. The molecule has 2 aromatic heterocycles. The number of carbonyl (C=O) groups is 1. The van der Waals surface area contributed by atoms with E-state index in [9.17, 15) is 14.4 Å². The molecule has 4 aromatic rings. The van der Waals surface area contributed by atoms with Gasteiger partial charge in [0.1, 0.15) is 18.9 Å². The maximum atomic E-state index is 13.6. The molecule has 1 aliphatic rings. The van der Waals surface area contributed by atoms with Crippen LogP contribution in [0.2, 0.25) is 0 Å². The predicted molar refractivity (Wildman–Crippen MR) is 119 cm³/mol. The van der Waals surface area contributed by atoms with Crippen molar-refractivity contribution in [1.82, 2.24) is 18.7 Å². The Hall–Kier alpha value is -4.14. The number of aromatic nitrogens is 4. The smallest absolute Gasteiger partial charge is 0.332 e. The second kappa shape index (κ2) is 7.52. The average molecular weight is 431 g/mol.